The summed E-state index contributed by atoms with van der Waals surface area (Å²) in [6, 6.07) is 5.35. The second-order valence-corrected chi connectivity index (χ2v) is 10.0. The van der Waals surface area contributed by atoms with Crippen molar-refractivity contribution in [1.29, 1.82) is 5.26 Å². The highest BCUT2D eigenvalue weighted by Gasteiger charge is 2.31. The second kappa shape index (κ2) is 11.8. The van der Waals surface area contributed by atoms with Gasteiger partial charge in [0, 0.05) is 64.8 Å². The number of ether oxygens (including phenoxy) is 2. The molecule has 0 saturated carbocycles. The standard InChI is InChI=1S/C28H31N7O5/c1-39-21-5-8-34(15-21)23-11-26(30-13-20(23)12-29)32-28(38)35-7-3-4-18-10-19(22(16-36)31-27(18)35)14-33-9-6-25(40-2)24(33)17-37/h10-11,13,16,21,25H,3-9,14-15H2,1-2H3,(H,30,32,38)/t21-,25+/m1/s1. The molecule has 40 heavy (non-hydrogen) atoms. The second-order valence-electron chi connectivity index (χ2n) is 10.0. The van der Waals surface area contributed by atoms with E-state index in [9.17, 15) is 19.6 Å². The van der Waals surface area contributed by atoms with Gasteiger partial charge in [-0.15, -0.1) is 0 Å². The first kappa shape index (κ1) is 27.3. The van der Waals surface area contributed by atoms with Crippen molar-refractivity contribution in [3.8, 4) is 6.07 Å². The molecule has 2 atom stereocenters. The lowest BCUT2D eigenvalue weighted by atomic mass is 10.0. The average molecular weight is 546 g/mol. The molecule has 5 heterocycles. The van der Waals surface area contributed by atoms with Crippen LogP contribution in [0, 0.1) is 11.3 Å². The molecule has 0 unspecified atom stereocenters. The molecule has 0 spiro atoms. The highest BCUT2D eigenvalue weighted by Crippen LogP contribution is 2.31. The Kier molecular flexibility index (Phi) is 8.07. The summed E-state index contributed by atoms with van der Waals surface area (Å²) in [6.07, 6.45) is 4.83. The molecular formula is C28H31N7O5. The third kappa shape index (κ3) is 5.27. The molecule has 2 saturated heterocycles. The minimum absolute atomic E-state index is 0.0819. The third-order valence-electron chi connectivity index (χ3n) is 7.75. The zero-order chi connectivity index (χ0) is 28.2. The Balaban J connectivity index is 1.37. The molecule has 0 aromatic carbocycles. The number of nitrogens with zero attached hydrogens (tertiary/aromatic N) is 6. The van der Waals surface area contributed by atoms with E-state index >= 15 is 0 Å². The van der Waals surface area contributed by atoms with Gasteiger partial charge in [-0.1, -0.05) is 0 Å². The van der Waals surface area contributed by atoms with Crippen molar-refractivity contribution in [2.24, 2.45) is 0 Å². The molecule has 2 aromatic rings. The first-order chi connectivity index (χ1) is 19.5. The number of nitrogens with one attached hydrogen (secondary N) is 1. The van der Waals surface area contributed by atoms with E-state index in [-0.39, 0.29) is 17.9 Å². The van der Waals surface area contributed by atoms with Crippen LogP contribution in [0.15, 0.2) is 24.0 Å². The molecule has 1 N–H and O–H groups in total. The largest absolute Gasteiger partial charge is 0.380 e. The maximum atomic E-state index is 13.4. The van der Waals surface area contributed by atoms with E-state index in [1.54, 1.807) is 20.3 Å². The quantitative estimate of drug-likeness (QED) is 0.407. The average Bonchev–Trinajstić information content (AvgIpc) is 3.63. The Morgan fingerprint density at radius 1 is 1.23 bits per heavy atom. The van der Waals surface area contributed by atoms with Gasteiger partial charge in [-0.2, -0.15) is 5.26 Å². The van der Waals surface area contributed by atoms with Gasteiger partial charge in [-0.3, -0.25) is 15.0 Å². The molecule has 3 aliphatic rings. The number of aryl methyl sites for hydroxylation is 1. The van der Waals surface area contributed by atoms with Crippen molar-refractivity contribution in [3.05, 3.63) is 46.4 Å². The predicted molar refractivity (Wildman–Crippen MR) is 146 cm³/mol. The van der Waals surface area contributed by atoms with Gasteiger partial charge in [0.15, 0.2) is 6.29 Å². The molecule has 2 amide bonds. The van der Waals surface area contributed by atoms with Crippen LogP contribution in [-0.4, -0.2) is 85.7 Å². The Hall–Kier alpha value is -4.30. The summed E-state index contributed by atoms with van der Waals surface area (Å²) < 4.78 is 10.8. The summed E-state index contributed by atoms with van der Waals surface area (Å²) in [4.78, 5) is 51.3. The van der Waals surface area contributed by atoms with E-state index < -0.39 is 6.03 Å². The predicted octanol–water partition coefficient (Wildman–Crippen LogP) is 2.31. The third-order valence-corrected chi connectivity index (χ3v) is 7.75. The molecule has 0 aliphatic carbocycles. The minimum Gasteiger partial charge on any atom is -0.380 e. The Morgan fingerprint density at radius 3 is 2.77 bits per heavy atom. The molecule has 12 heteroatoms. The molecule has 5 rings (SSSR count). The molecule has 3 aliphatic heterocycles. The summed E-state index contributed by atoms with van der Waals surface area (Å²) >= 11 is 0. The number of aromatic nitrogens is 2. The van der Waals surface area contributed by atoms with Gasteiger partial charge in [-0.25, -0.2) is 19.6 Å². The zero-order valence-electron chi connectivity index (χ0n) is 22.6. The van der Waals surface area contributed by atoms with Crippen LogP contribution in [0.25, 0.3) is 0 Å². The number of amides is 2. The Bertz CT molecular complexity index is 1400. The number of likely N-dealkylation sites (tertiary alicyclic amines) is 1. The number of carbonyl (C=O) groups is 2. The number of rotatable bonds is 7. The number of methoxy groups -OCH3 is 2. The fourth-order valence-corrected chi connectivity index (χ4v) is 5.62. The van der Waals surface area contributed by atoms with E-state index in [4.69, 9.17) is 9.47 Å². The van der Waals surface area contributed by atoms with Gasteiger partial charge >= 0.3 is 6.03 Å². The number of pyridine rings is 2. The molecular weight excluding hydrogens is 514 g/mol. The number of aldehydes is 1. The number of nitriles is 1. The summed E-state index contributed by atoms with van der Waals surface area (Å²) in [6.45, 7) is 2.74. The van der Waals surface area contributed by atoms with Crippen LogP contribution >= 0.6 is 0 Å². The van der Waals surface area contributed by atoms with Crippen molar-refractivity contribution >= 4 is 35.6 Å². The summed E-state index contributed by atoms with van der Waals surface area (Å²) in [5, 5.41) is 12.4. The zero-order valence-corrected chi connectivity index (χ0v) is 22.6. The van der Waals surface area contributed by atoms with Crippen molar-refractivity contribution in [3.63, 3.8) is 0 Å². The highest BCUT2D eigenvalue weighted by atomic mass is 16.5. The first-order valence-corrected chi connectivity index (χ1v) is 13.3. The molecule has 12 nitrogen and oxygen atoms in total. The van der Waals surface area contributed by atoms with Crippen LogP contribution in [-0.2, 0) is 27.2 Å². The topological polar surface area (TPSA) is 141 Å². The summed E-state index contributed by atoms with van der Waals surface area (Å²) in [7, 11) is 3.23. The van der Waals surface area contributed by atoms with Crippen LogP contribution in [0.3, 0.4) is 0 Å². The molecule has 0 bridgehead atoms. The van der Waals surface area contributed by atoms with Crippen LogP contribution in [0.5, 0.6) is 0 Å². The smallest absolute Gasteiger partial charge is 0.328 e. The van der Waals surface area contributed by atoms with Crippen LogP contribution in [0.2, 0.25) is 0 Å². The van der Waals surface area contributed by atoms with E-state index in [2.05, 4.69) is 26.3 Å². The van der Waals surface area contributed by atoms with Crippen LogP contribution in [0.4, 0.5) is 22.1 Å². The van der Waals surface area contributed by atoms with Crippen molar-refractivity contribution in [2.45, 2.75) is 44.4 Å². The van der Waals surface area contributed by atoms with Gasteiger partial charge < -0.3 is 19.3 Å². The number of hydrogen-bond donors (Lipinski definition) is 1. The van der Waals surface area contributed by atoms with Crippen LogP contribution in [0.1, 0.15) is 46.4 Å². The van der Waals surface area contributed by atoms with E-state index in [1.165, 1.54) is 11.1 Å². The number of hydrogen-bond acceptors (Lipinski definition) is 10. The number of fused-ring (bicyclic) bond motifs is 1. The maximum Gasteiger partial charge on any atom is 0.328 e. The lowest BCUT2D eigenvalue weighted by Crippen LogP contribution is -2.40. The van der Waals surface area contributed by atoms with Gasteiger partial charge in [0.25, 0.3) is 0 Å². The lowest BCUT2D eigenvalue weighted by molar-refractivity contribution is 0.111. The van der Waals surface area contributed by atoms with Crippen molar-refractivity contribution < 1.29 is 23.9 Å². The molecule has 208 valence electrons. The van der Waals surface area contributed by atoms with E-state index in [0.29, 0.717) is 79.5 Å². The van der Waals surface area contributed by atoms with Crippen molar-refractivity contribution in [1.82, 2.24) is 14.9 Å². The van der Waals surface area contributed by atoms with Crippen LogP contribution < -0.4 is 15.1 Å². The number of urea groups is 1. The Morgan fingerprint density at radius 2 is 2.08 bits per heavy atom. The van der Waals surface area contributed by atoms with Gasteiger partial charge in [0.1, 0.15) is 41.1 Å². The van der Waals surface area contributed by atoms with Gasteiger partial charge in [-0.05, 0) is 37.3 Å². The fourth-order valence-electron chi connectivity index (χ4n) is 5.62. The van der Waals surface area contributed by atoms with Gasteiger partial charge in [0.2, 0.25) is 0 Å². The van der Waals surface area contributed by atoms with Gasteiger partial charge in [0.05, 0.1) is 17.4 Å². The normalized spacial score (nSPS) is 20.2. The summed E-state index contributed by atoms with van der Waals surface area (Å²) in [5.41, 5.74) is 3.28. The number of anilines is 3. The monoisotopic (exact) mass is 545 g/mol. The summed E-state index contributed by atoms with van der Waals surface area (Å²) in [5.74, 6) is 2.72. The van der Waals surface area contributed by atoms with Crippen molar-refractivity contribution in [2.75, 3.05) is 55.5 Å². The minimum atomic E-state index is -0.425. The highest BCUT2D eigenvalue weighted by molar-refractivity contribution is 6.02. The molecule has 0 radical (unpaired) electrons. The number of carbonyl (C=O) groups excluding carboxylic acids is 3. The van der Waals surface area contributed by atoms with E-state index in [0.717, 1.165) is 24.9 Å². The fraction of sp³-hybridized carbons (Fsp3) is 0.464. The molecule has 2 fully saturated rings. The van der Waals surface area contributed by atoms with E-state index in [1.807, 2.05) is 16.9 Å². The Labute approximate surface area is 232 Å². The first-order valence-electron chi connectivity index (χ1n) is 13.3. The molecule has 2 aromatic heterocycles. The maximum absolute atomic E-state index is 13.4. The lowest BCUT2D eigenvalue weighted by Gasteiger charge is -2.30. The SMILES string of the molecule is CO[C@@H]1CCN(c2cc(NC(=O)N3CCCc4cc(CN5CC[C@H](OC)C5=C=O)c(C=O)nc43)ncc2C#N)C1.